The van der Waals surface area contributed by atoms with Gasteiger partial charge >= 0.3 is 0 Å². The van der Waals surface area contributed by atoms with Crippen LogP contribution in [0.4, 0.5) is 8.78 Å². The van der Waals surface area contributed by atoms with Gasteiger partial charge in [-0.25, -0.2) is 8.78 Å². The summed E-state index contributed by atoms with van der Waals surface area (Å²) in [6, 6.07) is 10.2. The van der Waals surface area contributed by atoms with Gasteiger partial charge in [-0.15, -0.1) is 0 Å². The predicted octanol–water partition coefficient (Wildman–Crippen LogP) is 2.49. The van der Waals surface area contributed by atoms with Gasteiger partial charge < -0.3 is 10.4 Å². The lowest BCUT2D eigenvalue weighted by atomic mass is 10.1. The van der Waals surface area contributed by atoms with Gasteiger partial charge in [0.25, 0.3) is 5.91 Å². The molecule has 6 heteroatoms. The van der Waals surface area contributed by atoms with Gasteiger partial charge in [0.1, 0.15) is 11.6 Å². The van der Waals surface area contributed by atoms with E-state index in [1.807, 2.05) is 17.0 Å². The molecule has 128 valence electrons. The highest BCUT2D eigenvalue weighted by Crippen LogP contribution is 2.19. The van der Waals surface area contributed by atoms with Crippen molar-refractivity contribution < 1.29 is 18.7 Å². The minimum absolute atomic E-state index is 0.0678. The van der Waals surface area contributed by atoms with Crippen LogP contribution in [-0.2, 0) is 6.54 Å². The number of benzene rings is 2. The number of halogens is 2. The van der Waals surface area contributed by atoms with Crippen LogP contribution in [0.2, 0.25) is 0 Å². The van der Waals surface area contributed by atoms with Crippen molar-refractivity contribution in [1.29, 1.82) is 0 Å². The Hall–Kier alpha value is -2.31. The average Bonchev–Trinajstić information content (AvgIpc) is 2.54. The minimum Gasteiger partial charge on any atom is -0.387 e. The van der Waals surface area contributed by atoms with E-state index in [-0.39, 0.29) is 18.0 Å². The molecule has 1 amide bonds. The number of hydrogen-bond acceptors (Lipinski definition) is 3. The molecule has 1 unspecified atom stereocenters. The van der Waals surface area contributed by atoms with E-state index in [0.29, 0.717) is 12.1 Å². The summed E-state index contributed by atoms with van der Waals surface area (Å²) < 4.78 is 26.6. The minimum atomic E-state index is -1.05. The average molecular weight is 334 g/mol. The molecule has 0 aliphatic heterocycles. The van der Waals surface area contributed by atoms with E-state index < -0.39 is 17.7 Å². The highest BCUT2D eigenvalue weighted by molar-refractivity contribution is 5.93. The van der Waals surface area contributed by atoms with Crippen molar-refractivity contribution in [3.05, 3.63) is 70.8 Å². The summed E-state index contributed by atoms with van der Waals surface area (Å²) in [4.78, 5) is 13.3. The van der Waals surface area contributed by atoms with E-state index in [4.69, 9.17) is 0 Å². The lowest BCUT2D eigenvalue weighted by molar-refractivity contribution is 0.0963. The van der Waals surface area contributed by atoms with Crippen LogP contribution in [-0.4, -0.2) is 36.6 Å². The molecule has 0 radical (unpaired) electrons. The first kappa shape index (κ1) is 18.0. The number of aliphatic hydroxyl groups excluding tert-OH is 1. The molecule has 0 heterocycles. The van der Waals surface area contributed by atoms with Crippen LogP contribution >= 0.6 is 0 Å². The molecule has 4 nitrogen and oxygen atoms in total. The third-order valence-electron chi connectivity index (χ3n) is 3.70. The van der Waals surface area contributed by atoms with Crippen LogP contribution in [0.3, 0.4) is 0 Å². The van der Waals surface area contributed by atoms with Crippen LogP contribution < -0.4 is 5.32 Å². The highest BCUT2D eigenvalue weighted by atomic mass is 19.1. The maximum absolute atomic E-state index is 13.7. The van der Waals surface area contributed by atoms with Gasteiger partial charge in [-0.05, 0) is 30.8 Å². The number of likely N-dealkylation sites (N-methyl/N-ethyl adjacent to an activating group) is 1. The quantitative estimate of drug-likeness (QED) is 0.853. The molecule has 0 spiro atoms. The van der Waals surface area contributed by atoms with Gasteiger partial charge in [0.2, 0.25) is 0 Å². The topological polar surface area (TPSA) is 52.6 Å². The second-order valence-electron chi connectivity index (χ2n) is 5.65. The molecule has 0 aromatic heterocycles. The first-order valence-electron chi connectivity index (χ1n) is 7.53. The van der Waals surface area contributed by atoms with Crippen molar-refractivity contribution >= 4 is 5.91 Å². The lowest BCUT2D eigenvalue weighted by Gasteiger charge is -2.21. The molecule has 0 fully saturated rings. The van der Waals surface area contributed by atoms with Crippen LogP contribution in [0.1, 0.15) is 27.6 Å². The molecular formula is C18H20F2N2O2. The fraction of sp³-hybridized carbons (Fsp3) is 0.278. The predicted molar refractivity (Wildman–Crippen MR) is 87.5 cm³/mol. The molecule has 24 heavy (non-hydrogen) atoms. The number of nitrogens with zero attached hydrogens (tertiary/aromatic N) is 1. The Morgan fingerprint density at radius 2 is 1.88 bits per heavy atom. The Kier molecular flexibility index (Phi) is 6.00. The lowest BCUT2D eigenvalue weighted by Crippen LogP contribution is -2.25. The number of nitrogens with one attached hydrogen (secondary N) is 1. The first-order valence-corrected chi connectivity index (χ1v) is 7.53. The van der Waals surface area contributed by atoms with E-state index >= 15 is 0 Å². The molecule has 0 saturated carbocycles. The molecule has 0 saturated heterocycles. The van der Waals surface area contributed by atoms with Crippen molar-refractivity contribution in [2.45, 2.75) is 12.6 Å². The Bertz CT molecular complexity index is 705. The van der Waals surface area contributed by atoms with Gasteiger partial charge in [-0.2, -0.15) is 0 Å². The number of carbonyl (C=O) groups is 1. The number of carbonyl (C=O) groups excluding carboxylic acids is 1. The molecule has 2 N–H and O–H groups in total. The SMILES string of the molecule is CNC(=O)c1ccc(CN(C)CC(O)c2ccc(F)cc2F)cc1. The number of rotatable bonds is 6. The van der Waals surface area contributed by atoms with Crippen LogP contribution in [0.15, 0.2) is 42.5 Å². The van der Waals surface area contributed by atoms with Crippen molar-refractivity contribution in [1.82, 2.24) is 10.2 Å². The van der Waals surface area contributed by atoms with Crippen LogP contribution in [0.25, 0.3) is 0 Å². The van der Waals surface area contributed by atoms with Gasteiger partial charge in [0.05, 0.1) is 6.10 Å². The molecule has 2 aromatic carbocycles. The fourth-order valence-electron chi connectivity index (χ4n) is 2.45. The van der Waals surface area contributed by atoms with Crippen LogP contribution in [0, 0.1) is 11.6 Å². The number of amides is 1. The normalized spacial score (nSPS) is 12.2. The van der Waals surface area contributed by atoms with Gasteiger partial charge in [0, 0.05) is 37.3 Å². The zero-order valence-electron chi connectivity index (χ0n) is 13.6. The molecule has 2 rings (SSSR count). The summed E-state index contributed by atoms with van der Waals surface area (Å²) in [5, 5.41) is 12.7. The molecule has 0 bridgehead atoms. The van der Waals surface area contributed by atoms with E-state index in [2.05, 4.69) is 5.32 Å². The Morgan fingerprint density at radius 1 is 1.21 bits per heavy atom. The van der Waals surface area contributed by atoms with Crippen molar-refractivity contribution in [2.75, 3.05) is 20.6 Å². The fourth-order valence-corrected chi connectivity index (χ4v) is 2.45. The molecular weight excluding hydrogens is 314 g/mol. The maximum atomic E-state index is 13.7. The van der Waals surface area contributed by atoms with E-state index in [1.165, 1.54) is 6.07 Å². The zero-order chi connectivity index (χ0) is 17.7. The largest absolute Gasteiger partial charge is 0.387 e. The molecule has 2 aromatic rings. The third kappa shape index (κ3) is 4.59. The maximum Gasteiger partial charge on any atom is 0.251 e. The second kappa shape index (κ2) is 7.99. The third-order valence-corrected chi connectivity index (χ3v) is 3.70. The second-order valence-corrected chi connectivity index (χ2v) is 5.65. The van der Waals surface area contributed by atoms with E-state index in [1.54, 1.807) is 26.2 Å². The smallest absolute Gasteiger partial charge is 0.251 e. The van der Waals surface area contributed by atoms with Crippen molar-refractivity contribution in [2.24, 2.45) is 0 Å². The summed E-state index contributed by atoms with van der Waals surface area (Å²) in [7, 11) is 3.36. The summed E-state index contributed by atoms with van der Waals surface area (Å²) in [6.07, 6.45) is -1.05. The zero-order valence-corrected chi connectivity index (χ0v) is 13.6. The monoisotopic (exact) mass is 334 g/mol. The first-order chi connectivity index (χ1) is 11.4. The molecule has 0 aliphatic rings. The molecule has 0 aliphatic carbocycles. The Labute approximate surface area is 139 Å². The summed E-state index contributed by atoms with van der Waals surface area (Å²) >= 11 is 0. The van der Waals surface area contributed by atoms with Gasteiger partial charge in [-0.3, -0.25) is 9.69 Å². The van der Waals surface area contributed by atoms with Crippen molar-refractivity contribution in [3.8, 4) is 0 Å². The number of hydrogen-bond donors (Lipinski definition) is 2. The Balaban J connectivity index is 1.97. The molecule has 1 atom stereocenters. The van der Waals surface area contributed by atoms with Crippen LogP contribution in [0.5, 0.6) is 0 Å². The highest BCUT2D eigenvalue weighted by Gasteiger charge is 2.16. The standard InChI is InChI=1S/C18H20F2N2O2/c1-21-18(24)13-5-3-12(4-6-13)10-22(2)11-17(23)15-8-7-14(19)9-16(15)20/h3-9,17,23H,10-11H2,1-2H3,(H,21,24). The van der Waals surface area contributed by atoms with Gasteiger partial charge in [-0.1, -0.05) is 18.2 Å². The summed E-state index contributed by atoms with van der Waals surface area (Å²) in [5.41, 5.74) is 1.59. The van der Waals surface area contributed by atoms with Crippen molar-refractivity contribution in [3.63, 3.8) is 0 Å². The van der Waals surface area contributed by atoms with Gasteiger partial charge in [0.15, 0.2) is 0 Å². The van der Waals surface area contributed by atoms with E-state index in [9.17, 15) is 18.7 Å². The number of aliphatic hydroxyl groups is 1. The summed E-state index contributed by atoms with van der Waals surface area (Å²) in [5.74, 6) is -1.59. The summed E-state index contributed by atoms with van der Waals surface area (Å²) in [6.45, 7) is 0.716. The van der Waals surface area contributed by atoms with E-state index in [0.717, 1.165) is 17.7 Å². The Morgan fingerprint density at radius 3 is 2.46 bits per heavy atom.